The summed E-state index contributed by atoms with van der Waals surface area (Å²) in [5.74, 6) is 3.94. The van der Waals surface area contributed by atoms with Crippen molar-refractivity contribution >= 4 is 11.8 Å². The second kappa shape index (κ2) is 6.89. The lowest BCUT2D eigenvalue weighted by molar-refractivity contribution is 0.0500. The molecule has 24 heavy (non-hydrogen) atoms. The van der Waals surface area contributed by atoms with Gasteiger partial charge >= 0.3 is 5.97 Å². The van der Waals surface area contributed by atoms with Crippen LogP contribution in [0.5, 0.6) is 0 Å². The smallest absolute Gasteiger partial charge is 0.357 e. The first-order valence-electron chi connectivity index (χ1n) is 7.41. The van der Waals surface area contributed by atoms with Gasteiger partial charge in [0, 0.05) is 11.1 Å². The molecule has 0 saturated heterocycles. The first-order valence-corrected chi connectivity index (χ1v) is 7.41. The molecule has 2 N–H and O–H groups in total. The molecular weight excluding hydrogens is 302 g/mol. The summed E-state index contributed by atoms with van der Waals surface area (Å²) in [6, 6.07) is 23.6. The van der Waals surface area contributed by atoms with Gasteiger partial charge in [0.25, 0.3) is 0 Å². The van der Waals surface area contributed by atoms with Gasteiger partial charge in [0.1, 0.15) is 0 Å². The molecule has 0 aliphatic rings. The van der Waals surface area contributed by atoms with Crippen molar-refractivity contribution in [2.75, 3.05) is 0 Å². The normalized spacial score (nSPS) is 10.2. The van der Waals surface area contributed by atoms with Crippen LogP contribution >= 0.6 is 0 Å². The lowest BCUT2D eigenvalue weighted by Gasteiger charge is -2.07. The number of carbonyl (C=O) groups excluding carboxylic acids is 2. The molecule has 4 nitrogen and oxygen atoms in total. The number of benzene rings is 3. The van der Waals surface area contributed by atoms with E-state index in [2.05, 4.69) is 4.84 Å². The summed E-state index contributed by atoms with van der Waals surface area (Å²) < 4.78 is 0. The zero-order valence-corrected chi connectivity index (χ0v) is 12.8. The standard InChI is InChI=1S/C20H15NO3/c21-24-20(23)18-9-5-4-8-17(18)19(22)16-12-10-15(11-13-16)14-6-2-1-3-7-14/h1-13H,21H2. The second-order valence-electron chi connectivity index (χ2n) is 5.22. The molecule has 118 valence electrons. The molecule has 0 aliphatic heterocycles. The molecule has 0 unspecified atom stereocenters. The van der Waals surface area contributed by atoms with Gasteiger partial charge in [0.05, 0.1) is 5.56 Å². The van der Waals surface area contributed by atoms with E-state index in [-0.39, 0.29) is 16.9 Å². The third-order valence-corrected chi connectivity index (χ3v) is 3.75. The van der Waals surface area contributed by atoms with E-state index in [9.17, 15) is 9.59 Å². The Kier molecular flexibility index (Phi) is 4.50. The Balaban J connectivity index is 1.93. The van der Waals surface area contributed by atoms with Crippen LogP contribution in [0.25, 0.3) is 11.1 Å². The van der Waals surface area contributed by atoms with Gasteiger partial charge in [-0.25, -0.2) is 4.79 Å². The van der Waals surface area contributed by atoms with Crippen molar-refractivity contribution in [1.29, 1.82) is 0 Å². The van der Waals surface area contributed by atoms with Crippen LogP contribution in [-0.4, -0.2) is 11.8 Å². The van der Waals surface area contributed by atoms with E-state index in [1.54, 1.807) is 30.3 Å². The summed E-state index contributed by atoms with van der Waals surface area (Å²) in [4.78, 5) is 28.6. The third kappa shape index (κ3) is 3.09. The number of rotatable bonds is 4. The number of hydrogen-bond acceptors (Lipinski definition) is 4. The van der Waals surface area contributed by atoms with Gasteiger partial charge in [0.15, 0.2) is 5.78 Å². The molecule has 0 bridgehead atoms. The van der Waals surface area contributed by atoms with Crippen molar-refractivity contribution in [3.8, 4) is 11.1 Å². The second-order valence-corrected chi connectivity index (χ2v) is 5.22. The van der Waals surface area contributed by atoms with Gasteiger partial charge < -0.3 is 4.84 Å². The molecule has 0 atom stereocenters. The highest BCUT2D eigenvalue weighted by molar-refractivity contribution is 6.14. The van der Waals surface area contributed by atoms with Gasteiger partial charge in [0.2, 0.25) is 0 Å². The average Bonchev–Trinajstić information content (AvgIpc) is 2.67. The highest BCUT2D eigenvalue weighted by atomic mass is 16.7. The Hall–Kier alpha value is -3.24. The summed E-state index contributed by atoms with van der Waals surface area (Å²) in [6.45, 7) is 0. The van der Waals surface area contributed by atoms with Crippen molar-refractivity contribution in [3.63, 3.8) is 0 Å². The monoisotopic (exact) mass is 317 g/mol. The van der Waals surface area contributed by atoms with E-state index in [0.29, 0.717) is 5.56 Å². The zero-order valence-electron chi connectivity index (χ0n) is 12.8. The summed E-state index contributed by atoms with van der Waals surface area (Å²) in [6.07, 6.45) is 0. The fourth-order valence-corrected chi connectivity index (χ4v) is 2.52. The third-order valence-electron chi connectivity index (χ3n) is 3.75. The Labute approximate surface area is 139 Å². The van der Waals surface area contributed by atoms with E-state index in [1.807, 2.05) is 42.5 Å². The Bertz CT molecular complexity index is 871. The Morgan fingerprint density at radius 2 is 1.21 bits per heavy atom. The molecule has 3 aromatic rings. The van der Waals surface area contributed by atoms with Crippen LogP contribution < -0.4 is 5.90 Å². The maximum absolute atomic E-state index is 12.7. The van der Waals surface area contributed by atoms with Crippen molar-refractivity contribution < 1.29 is 14.4 Å². The topological polar surface area (TPSA) is 69.4 Å². The van der Waals surface area contributed by atoms with Crippen LogP contribution in [0.15, 0.2) is 78.9 Å². The fourth-order valence-electron chi connectivity index (χ4n) is 2.52. The quantitative estimate of drug-likeness (QED) is 0.589. The lowest BCUT2D eigenvalue weighted by atomic mass is 9.96. The molecule has 0 heterocycles. The Morgan fingerprint density at radius 1 is 0.667 bits per heavy atom. The zero-order chi connectivity index (χ0) is 16.9. The summed E-state index contributed by atoms with van der Waals surface area (Å²) in [5.41, 5.74) is 3.00. The average molecular weight is 317 g/mol. The molecule has 4 heteroatoms. The van der Waals surface area contributed by atoms with Gasteiger partial charge in [-0.2, -0.15) is 5.90 Å². The number of carbonyl (C=O) groups is 2. The van der Waals surface area contributed by atoms with Gasteiger partial charge in [-0.05, 0) is 17.2 Å². The molecule has 0 spiro atoms. The maximum atomic E-state index is 12.7. The van der Waals surface area contributed by atoms with Crippen molar-refractivity contribution in [3.05, 3.63) is 95.6 Å². The first-order chi connectivity index (χ1) is 11.7. The van der Waals surface area contributed by atoms with Crippen LogP contribution in [0.4, 0.5) is 0 Å². The van der Waals surface area contributed by atoms with Gasteiger partial charge in [-0.1, -0.05) is 72.8 Å². The largest absolute Gasteiger partial charge is 0.370 e. The molecule has 3 rings (SSSR count). The summed E-state index contributed by atoms with van der Waals surface area (Å²) in [5, 5.41) is 0. The minimum atomic E-state index is -0.736. The summed E-state index contributed by atoms with van der Waals surface area (Å²) >= 11 is 0. The van der Waals surface area contributed by atoms with E-state index in [4.69, 9.17) is 5.90 Å². The minimum Gasteiger partial charge on any atom is -0.370 e. The van der Waals surface area contributed by atoms with Crippen LogP contribution in [0.3, 0.4) is 0 Å². The number of nitrogens with two attached hydrogens (primary N) is 1. The highest BCUT2D eigenvalue weighted by Gasteiger charge is 2.18. The van der Waals surface area contributed by atoms with Crippen LogP contribution in [0.2, 0.25) is 0 Å². The molecule has 0 aromatic heterocycles. The number of ketones is 1. The van der Waals surface area contributed by atoms with Crippen molar-refractivity contribution in [2.24, 2.45) is 5.90 Å². The molecule has 0 fully saturated rings. The summed E-state index contributed by atoms with van der Waals surface area (Å²) in [7, 11) is 0. The van der Waals surface area contributed by atoms with Gasteiger partial charge in [-0.15, -0.1) is 0 Å². The molecule has 0 aliphatic carbocycles. The van der Waals surface area contributed by atoms with E-state index >= 15 is 0 Å². The van der Waals surface area contributed by atoms with Crippen molar-refractivity contribution in [1.82, 2.24) is 0 Å². The van der Waals surface area contributed by atoms with Crippen LogP contribution in [0, 0.1) is 0 Å². The highest BCUT2D eigenvalue weighted by Crippen LogP contribution is 2.21. The van der Waals surface area contributed by atoms with Crippen LogP contribution in [0.1, 0.15) is 26.3 Å². The van der Waals surface area contributed by atoms with E-state index in [0.717, 1.165) is 11.1 Å². The van der Waals surface area contributed by atoms with E-state index in [1.165, 1.54) is 6.07 Å². The predicted octanol–water partition coefficient (Wildman–Crippen LogP) is 3.62. The molecule has 0 amide bonds. The van der Waals surface area contributed by atoms with Crippen LogP contribution in [-0.2, 0) is 4.84 Å². The molecular formula is C20H15NO3. The Morgan fingerprint density at radius 3 is 1.83 bits per heavy atom. The van der Waals surface area contributed by atoms with Gasteiger partial charge in [-0.3, -0.25) is 4.79 Å². The predicted molar refractivity (Wildman–Crippen MR) is 91.4 cm³/mol. The molecule has 0 radical (unpaired) electrons. The minimum absolute atomic E-state index is 0.150. The fraction of sp³-hybridized carbons (Fsp3) is 0. The molecule has 3 aromatic carbocycles. The maximum Gasteiger partial charge on any atom is 0.357 e. The molecule has 0 saturated carbocycles. The SMILES string of the molecule is NOC(=O)c1ccccc1C(=O)c1ccc(-c2ccccc2)cc1. The van der Waals surface area contributed by atoms with Crippen molar-refractivity contribution in [2.45, 2.75) is 0 Å². The lowest BCUT2D eigenvalue weighted by Crippen LogP contribution is -2.15. The number of hydrogen-bond donors (Lipinski definition) is 1. The first kappa shape index (κ1) is 15.6. The van der Waals surface area contributed by atoms with E-state index < -0.39 is 5.97 Å².